The maximum absolute atomic E-state index is 12.2. The van der Waals surface area contributed by atoms with Gasteiger partial charge in [-0.3, -0.25) is 9.32 Å². The monoisotopic (exact) mass is 426 g/mol. The molecule has 0 spiro atoms. The Morgan fingerprint density at radius 3 is 2.45 bits per heavy atom. The van der Waals surface area contributed by atoms with E-state index < -0.39 is 23.6 Å². The molecule has 29 heavy (non-hydrogen) atoms. The number of hydrogen-bond acceptors (Lipinski definition) is 5. The number of carbonyl (C=O) groups excluding carboxylic acids is 1. The molecule has 3 rings (SSSR count). The molecule has 0 saturated heterocycles. The highest BCUT2D eigenvalue weighted by atomic mass is 32.2. The number of ether oxygens (including phenoxy) is 1. The molecule has 1 aromatic heterocycles. The molecule has 0 fully saturated rings. The van der Waals surface area contributed by atoms with Gasteiger partial charge < -0.3 is 10.1 Å². The lowest BCUT2D eigenvalue weighted by molar-refractivity contribution is -0.704. The number of hydrogen-bond donors (Lipinski definition) is 2. The Balaban J connectivity index is 1.62. The number of rotatable bonds is 6. The number of H-pyrrole nitrogens is 1. The van der Waals surface area contributed by atoms with Crippen LogP contribution < -0.4 is 20.4 Å². The number of alkyl halides is 3. The molecule has 1 amide bonds. The van der Waals surface area contributed by atoms with E-state index in [0.717, 1.165) is 29.5 Å². The third-order valence-electron chi connectivity index (χ3n) is 3.61. The van der Waals surface area contributed by atoms with Gasteiger partial charge in [-0.25, -0.2) is 4.79 Å². The summed E-state index contributed by atoms with van der Waals surface area (Å²) < 4.78 is 46.5. The predicted molar refractivity (Wildman–Crippen MR) is 98.1 cm³/mol. The number of halogens is 3. The van der Waals surface area contributed by atoms with E-state index in [0.29, 0.717) is 5.69 Å². The number of nitrogens with one attached hydrogen (secondary N) is 2. The normalized spacial score (nSPS) is 11.3. The van der Waals surface area contributed by atoms with Gasteiger partial charge in [0.25, 0.3) is 0 Å². The average molecular weight is 426 g/mol. The minimum atomic E-state index is -4.79. The van der Waals surface area contributed by atoms with Crippen molar-refractivity contribution in [2.24, 2.45) is 0 Å². The molecule has 0 saturated carbocycles. The van der Waals surface area contributed by atoms with Crippen molar-refractivity contribution in [3.63, 3.8) is 0 Å². The van der Waals surface area contributed by atoms with Crippen LogP contribution in [0.5, 0.6) is 5.75 Å². The summed E-state index contributed by atoms with van der Waals surface area (Å²) in [5, 5.41) is 5.19. The zero-order chi connectivity index (χ0) is 21.0. The zero-order valence-corrected chi connectivity index (χ0v) is 15.8. The Hall–Kier alpha value is -3.21. The number of benzene rings is 2. The van der Waals surface area contributed by atoms with Gasteiger partial charge in [-0.15, -0.1) is 13.2 Å². The summed E-state index contributed by atoms with van der Waals surface area (Å²) in [7, 11) is 0. The first-order chi connectivity index (χ1) is 13.7. The summed E-state index contributed by atoms with van der Waals surface area (Å²) in [6, 6.07) is 12.0. The molecule has 0 unspecified atom stereocenters. The molecule has 11 heteroatoms. The van der Waals surface area contributed by atoms with Crippen LogP contribution in [0, 0.1) is 6.92 Å². The van der Waals surface area contributed by atoms with Crippen LogP contribution in [0.15, 0.2) is 62.9 Å². The first kappa shape index (κ1) is 20.5. The fraction of sp³-hybridized carbons (Fsp3) is 0.167. The largest absolute Gasteiger partial charge is 0.573 e. The summed E-state index contributed by atoms with van der Waals surface area (Å²) in [6.45, 7) is 1.92. The van der Waals surface area contributed by atoms with Crippen LogP contribution in [0.2, 0.25) is 0 Å². The molecule has 0 aliphatic carbocycles. The van der Waals surface area contributed by atoms with Crippen molar-refractivity contribution < 1.29 is 31.9 Å². The fourth-order valence-corrected chi connectivity index (χ4v) is 3.09. The summed E-state index contributed by atoms with van der Waals surface area (Å²) in [6.07, 6.45) is -4.79. The van der Waals surface area contributed by atoms with Gasteiger partial charge in [0.05, 0.1) is 5.75 Å². The first-order valence-corrected chi connectivity index (χ1v) is 9.19. The maximum atomic E-state index is 12.2. The van der Waals surface area contributed by atoms with E-state index >= 15 is 0 Å². The minimum Gasteiger partial charge on any atom is -0.406 e. The molecule has 2 N–H and O–H groups in total. The fourth-order valence-electron chi connectivity index (χ4n) is 2.32. The number of aromatic nitrogens is 2. The van der Waals surface area contributed by atoms with E-state index in [2.05, 4.69) is 15.3 Å². The lowest BCUT2D eigenvalue weighted by atomic mass is 10.2. The summed E-state index contributed by atoms with van der Waals surface area (Å²) in [4.78, 5) is 24.1. The molecule has 0 bridgehead atoms. The number of carbonyl (C=O) groups is 1. The van der Waals surface area contributed by atoms with Gasteiger partial charge in [0.15, 0.2) is 0 Å². The van der Waals surface area contributed by atoms with Crippen molar-refractivity contribution >= 4 is 23.4 Å². The first-order valence-electron chi connectivity index (χ1n) is 8.20. The molecule has 2 aromatic carbocycles. The predicted octanol–water partition coefficient (Wildman–Crippen LogP) is 3.18. The molecule has 3 aromatic rings. The summed E-state index contributed by atoms with van der Waals surface area (Å²) in [5.41, 5.74) is 1.36. The molecule has 0 aliphatic rings. The second kappa shape index (κ2) is 8.43. The summed E-state index contributed by atoms with van der Waals surface area (Å²) in [5.74, 6) is -0.959. The van der Waals surface area contributed by atoms with E-state index in [9.17, 15) is 22.8 Å². The number of amides is 1. The number of aryl methyl sites for hydroxylation is 1. The average Bonchev–Trinajstić information content (AvgIpc) is 3.02. The third-order valence-corrected chi connectivity index (χ3v) is 4.64. The number of aromatic amines is 1. The van der Waals surface area contributed by atoms with Gasteiger partial charge in [0.2, 0.25) is 11.6 Å². The van der Waals surface area contributed by atoms with Crippen LogP contribution in [-0.2, 0) is 4.79 Å². The van der Waals surface area contributed by atoms with Crippen LogP contribution in [-0.4, -0.2) is 23.3 Å². The maximum Gasteiger partial charge on any atom is 0.573 e. The number of nitrogens with zero attached hydrogens (tertiary/aromatic N) is 1. The van der Waals surface area contributed by atoms with Crippen LogP contribution >= 0.6 is 11.8 Å². The minimum absolute atomic E-state index is 0.116. The van der Waals surface area contributed by atoms with E-state index in [1.54, 1.807) is 12.1 Å². The highest BCUT2D eigenvalue weighted by Crippen LogP contribution is 2.24. The van der Waals surface area contributed by atoms with E-state index in [1.165, 1.54) is 16.8 Å². The van der Waals surface area contributed by atoms with Gasteiger partial charge >= 0.3 is 17.0 Å². The SMILES string of the molecule is Cc1ccc(-[n+]2[nH]oc(=O)c2SCC(=O)Nc2ccc(OC(F)(F)F)cc2)cc1. The lowest BCUT2D eigenvalue weighted by Crippen LogP contribution is -2.36. The second-order valence-corrected chi connectivity index (χ2v) is 6.83. The van der Waals surface area contributed by atoms with Crippen LogP contribution in [0.25, 0.3) is 5.69 Å². The van der Waals surface area contributed by atoms with Gasteiger partial charge in [-0.1, -0.05) is 17.7 Å². The van der Waals surface area contributed by atoms with Gasteiger partial charge in [-0.05, 0) is 52.9 Å². The Labute approximate surface area is 166 Å². The van der Waals surface area contributed by atoms with E-state index in [4.69, 9.17) is 4.52 Å². The Morgan fingerprint density at radius 1 is 1.17 bits per heavy atom. The molecular weight excluding hydrogens is 411 g/mol. The Kier molecular flexibility index (Phi) is 5.97. The van der Waals surface area contributed by atoms with Gasteiger partial charge in [0.1, 0.15) is 5.75 Å². The van der Waals surface area contributed by atoms with Crippen LogP contribution in [0.4, 0.5) is 18.9 Å². The molecule has 0 radical (unpaired) electrons. The molecule has 152 valence electrons. The molecule has 1 heterocycles. The Morgan fingerprint density at radius 2 is 1.83 bits per heavy atom. The summed E-state index contributed by atoms with van der Waals surface area (Å²) >= 11 is 0.958. The van der Waals surface area contributed by atoms with Crippen LogP contribution in [0.1, 0.15) is 5.56 Å². The topological polar surface area (TPSA) is 88.2 Å². The highest BCUT2D eigenvalue weighted by molar-refractivity contribution is 7.99. The molecule has 0 atom stereocenters. The molecule has 7 nitrogen and oxygen atoms in total. The van der Waals surface area contributed by atoms with Crippen molar-refractivity contribution in [3.8, 4) is 11.4 Å². The van der Waals surface area contributed by atoms with E-state index in [1.807, 2.05) is 19.1 Å². The molecular formula is C18H15F3N3O4S+. The Bertz CT molecular complexity index is 1040. The van der Waals surface area contributed by atoms with Crippen molar-refractivity contribution in [1.29, 1.82) is 0 Å². The quantitative estimate of drug-likeness (QED) is 0.467. The van der Waals surface area contributed by atoms with Crippen molar-refractivity contribution in [1.82, 2.24) is 5.27 Å². The highest BCUT2D eigenvalue weighted by Gasteiger charge is 2.31. The van der Waals surface area contributed by atoms with Crippen molar-refractivity contribution in [3.05, 3.63) is 64.5 Å². The lowest BCUT2D eigenvalue weighted by Gasteiger charge is -2.09. The smallest absolute Gasteiger partial charge is 0.406 e. The van der Waals surface area contributed by atoms with Crippen LogP contribution in [0.3, 0.4) is 0 Å². The standard InChI is InChI=1S/C18H14F3N3O4S/c1-11-2-6-13(7-3-11)24-16(17(26)28-23-24)29-10-15(25)22-12-4-8-14(9-5-12)27-18(19,20)21/h2-9H,10H2,1H3,(H-,22,23,25,26)/p+1. The third kappa shape index (κ3) is 5.64. The van der Waals surface area contributed by atoms with Crippen molar-refractivity contribution in [2.45, 2.75) is 18.3 Å². The van der Waals surface area contributed by atoms with Gasteiger partial charge in [-0.2, -0.15) is 0 Å². The number of thioether (sulfide) groups is 1. The number of anilines is 1. The van der Waals surface area contributed by atoms with Gasteiger partial charge in [0, 0.05) is 17.8 Å². The zero-order valence-electron chi connectivity index (χ0n) is 14.9. The van der Waals surface area contributed by atoms with E-state index in [-0.39, 0.29) is 16.5 Å². The molecule has 0 aliphatic heterocycles. The second-order valence-electron chi connectivity index (χ2n) is 5.87. The van der Waals surface area contributed by atoms with Crippen molar-refractivity contribution in [2.75, 3.05) is 11.1 Å².